The van der Waals surface area contributed by atoms with Crippen molar-refractivity contribution in [1.29, 1.82) is 0 Å². The summed E-state index contributed by atoms with van der Waals surface area (Å²) in [4.78, 5) is 0. The van der Waals surface area contributed by atoms with E-state index in [2.05, 4.69) is 27.7 Å². The Labute approximate surface area is 114 Å². The molecule has 2 aliphatic heterocycles. The molecule has 2 rings (SSSR count). The highest BCUT2D eigenvalue weighted by molar-refractivity contribution is 4.92. The predicted octanol–water partition coefficient (Wildman–Crippen LogP) is 0.921. The quantitative estimate of drug-likeness (QED) is 0.798. The summed E-state index contributed by atoms with van der Waals surface area (Å²) in [6.45, 7) is 9.16. The Morgan fingerprint density at radius 3 is 2.37 bits per heavy atom. The van der Waals surface area contributed by atoms with E-state index < -0.39 is 18.3 Å². The van der Waals surface area contributed by atoms with Crippen LogP contribution >= 0.6 is 0 Å². The highest BCUT2D eigenvalue weighted by Gasteiger charge is 2.47. The highest BCUT2D eigenvalue weighted by Crippen LogP contribution is 2.37. The van der Waals surface area contributed by atoms with Crippen LogP contribution in [-0.4, -0.2) is 54.1 Å². The van der Waals surface area contributed by atoms with E-state index in [0.717, 1.165) is 6.42 Å². The normalized spacial score (nSPS) is 40.3. The van der Waals surface area contributed by atoms with Gasteiger partial charge in [-0.1, -0.05) is 27.7 Å². The minimum atomic E-state index is -0.888. The number of aliphatic hydroxyl groups is 2. The number of ether oxygens (including phenoxy) is 3. The maximum absolute atomic E-state index is 9.84. The first-order valence-corrected chi connectivity index (χ1v) is 7.06. The highest BCUT2D eigenvalue weighted by atomic mass is 16.7. The van der Waals surface area contributed by atoms with E-state index in [9.17, 15) is 10.2 Å². The van der Waals surface area contributed by atoms with Gasteiger partial charge in [0, 0.05) is 5.41 Å². The molecule has 0 saturated carbocycles. The molecule has 5 nitrogen and oxygen atoms in total. The summed E-state index contributed by atoms with van der Waals surface area (Å²) in [5, 5.41) is 19.3. The second kappa shape index (κ2) is 5.66. The molecule has 4 unspecified atom stereocenters. The van der Waals surface area contributed by atoms with Crippen LogP contribution in [0.4, 0.5) is 0 Å². The molecule has 0 radical (unpaired) electrons. The van der Waals surface area contributed by atoms with Gasteiger partial charge in [0.2, 0.25) is 0 Å². The van der Waals surface area contributed by atoms with Crippen LogP contribution < -0.4 is 0 Å². The first-order valence-electron chi connectivity index (χ1n) is 7.06. The van der Waals surface area contributed by atoms with Crippen molar-refractivity contribution in [2.45, 2.75) is 64.8 Å². The van der Waals surface area contributed by atoms with Gasteiger partial charge in [-0.25, -0.2) is 0 Å². The molecule has 0 aromatic heterocycles. The molecule has 2 N–H and O–H groups in total. The number of hydrogen-bond donors (Lipinski definition) is 2. The second-order valence-corrected chi connectivity index (χ2v) is 6.78. The lowest BCUT2D eigenvalue weighted by Gasteiger charge is -2.32. The molecule has 19 heavy (non-hydrogen) atoms. The van der Waals surface area contributed by atoms with Crippen molar-refractivity contribution in [2.75, 3.05) is 13.2 Å². The first-order chi connectivity index (χ1) is 8.81. The topological polar surface area (TPSA) is 68.2 Å². The molecule has 2 heterocycles. The van der Waals surface area contributed by atoms with E-state index in [1.165, 1.54) is 0 Å². The molecule has 2 saturated heterocycles. The van der Waals surface area contributed by atoms with Crippen LogP contribution in [0.5, 0.6) is 0 Å². The van der Waals surface area contributed by atoms with Gasteiger partial charge in [0.1, 0.15) is 24.4 Å². The van der Waals surface area contributed by atoms with Crippen LogP contribution in [0.3, 0.4) is 0 Å². The lowest BCUT2D eigenvalue weighted by molar-refractivity contribution is -0.154. The third kappa shape index (κ3) is 3.28. The monoisotopic (exact) mass is 274 g/mol. The van der Waals surface area contributed by atoms with E-state index in [4.69, 9.17) is 14.2 Å². The van der Waals surface area contributed by atoms with Crippen molar-refractivity contribution in [3.8, 4) is 0 Å². The van der Waals surface area contributed by atoms with Crippen LogP contribution in [0.2, 0.25) is 0 Å². The number of hydrogen-bond acceptors (Lipinski definition) is 5. The average Bonchev–Trinajstić information content (AvgIpc) is 2.86. The average molecular weight is 274 g/mol. The van der Waals surface area contributed by atoms with Gasteiger partial charge in [-0.15, -0.1) is 0 Å². The molecule has 2 fully saturated rings. The minimum Gasteiger partial charge on any atom is -0.388 e. The summed E-state index contributed by atoms with van der Waals surface area (Å²) in [7, 11) is 0. The van der Waals surface area contributed by atoms with E-state index >= 15 is 0 Å². The lowest BCUT2D eigenvalue weighted by atomic mass is 9.83. The molecule has 2 aliphatic rings. The van der Waals surface area contributed by atoms with Crippen LogP contribution in [0, 0.1) is 11.3 Å². The van der Waals surface area contributed by atoms with Crippen molar-refractivity contribution < 1.29 is 24.4 Å². The summed E-state index contributed by atoms with van der Waals surface area (Å²) >= 11 is 0. The van der Waals surface area contributed by atoms with Crippen LogP contribution in [0.15, 0.2) is 0 Å². The molecule has 0 aromatic carbocycles. The Bertz CT molecular complexity index is 304. The Balaban J connectivity index is 1.93. The zero-order valence-electron chi connectivity index (χ0n) is 12.2. The Kier molecular flexibility index (Phi) is 4.52. The van der Waals surface area contributed by atoms with Crippen molar-refractivity contribution in [3.63, 3.8) is 0 Å². The molecular formula is C14H26O5. The van der Waals surface area contributed by atoms with Crippen LogP contribution in [-0.2, 0) is 14.2 Å². The van der Waals surface area contributed by atoms with Gasteiger partial charge >= 0.3 is 0 Å². The molecule has 0 aromatic rings. The SMILES string of the molecule is CC(C)CC(C)(C)C1OCC(C2OC[C@@H](O)C2O)O1. The van der Waals surface area contributed by atoms with Gasteiger partial charge < -0.3 is 24.4 Å². The molecule has 0 bridgehead atoms. The molecule has 5 atom stereocenters. The van der Waals surface area contributed by atoms with E-state index in [0.29, 0.717) is 12.5 Å². The fourth-order valence-corrected chi connectivity index (χ4v) is 3.10. The summed E-state index contributed by atoms with van der Waals surface area (Å²) in [5.41, 5.74) is -0.0783. The predicted molar refractivity (Wildman–Crippen MR) is 69.6 cm³/mol. The standard InChI is InChI=1S/C14H26O5/c1-8(2)5-14(3,4)13-18-7-10(19-13)12-11(16)9(15)6-17-12/h8-13,15-16H,5-7H2,1-4H3/t9-,10?,11?,12?,13?/m1/s1. The van der Waals surface area contributed by atoms with Crippen molar-refractivity contribution in [3.05, 3.63) is 0 Å². The fraction of sp³-hybridized carbons (Fsp3) is 1.00. The van der Waals surface area contributed by atoms with Gasteiger partial charge in [0.25, 0.3) is 0 Å². The van der Waals surface area contributed by atoms with Crippen molar-refractivity contribution >= 4 is 0 Å². The van der Waals surface area contributed by atoms with Crippen LogP contribution in [0.1, 0.15) is 34.1 Å². The third-order valence-corrected chi connectivity index (χ3v) is 3.84. The Morgan fingerprint density at radius 1 is 1.16 bits per heavy atom. The lowest BCUT2D eigenvalue weighted by Crippen LogP contribution is -2.41. The summed E-state index contributed by atoms with van der Waals surface area (Å²) in [6, 6.07) is 0. The molecule has 0 amide bonds. The molecule has 5 heteroatoms. The maximum Gasteiger partial charge on any atom is 0.163 e. The minimum absolute atomic E-state index is 0.0783. The van der Waals surface area contributed by atoms with Gasteiger partial charge in [-0.3, -0.25) is 0 Å². The van der Waals surface area contributed by atoms with E-state index in [1.54, 1.807) is 0 Å². The Hall–Kier alpha value is -0.200. The van der Waals surface area contributed by atoms with Crippen molar-refractivity contribution in [2.24, 2.45) is 11.3 Å². The molecule has 0 spiro atoms. The summed E-state index contributed by atoms with van der Waals surface area (Å²) in [5.74, 6) is 0.566. The summed E-state index contributed by atoms with van der Waals surface area (Å²) < 4.78 is 17.0. The zero-order chi connectivity index (χ0) is 14.2. The maximum atomic E-state index is 9.84. The van der Waals surface area contributed by atoms with E-state index in [-0.39, 0.29) is 24.4 Å². The van der Waals surface area contributed by atoms with Gasteiger partial charge in [-0.05, 0) is 12.3 Å². The van der Waals surface area contributed by atoms with E-state index in [1.807, 2.05) is 0 Å². The number of aliphatic hydroxyl groups excluding tert-OH is 2. The van der Waals surface area contributed by atoms with Crippen molar-refractivity contribution in [1.82, 2.24) is 0 Å². The molecule has 0 aliphatic carbocycles. The smallest absolute Gasteiger partial charge is 0.163 e. The summed E-state index contributed by atoms with van der Waals surface area (Å²) in [6.07, 6.45) is -1.79. The Morgan fingerprint density at radius 2 is 1.84 bits per heavy atom. The third-order valence-electron chi connectivity index (χ3n) is 3.84. The molecule has 112 valence electrons. The number of rotatable bonds is 4. The first kappa shape index (κ1) is 15.2. The largest absolute Gasteiger partial charge is 0.388 e. The second-order valence-electron chi connectivity index (χ2n) is 6.78. The van der Waals surface area contributed by atoms with Gasteiger partial charge in [-0.2, -0.15) is 0 Å². The fourth-order valence-electron chi connectivity index (χ4n) is 3.10. The van der Waals surface area contributed by atoms with Gasteiger partial charge in [0.05, 0.1) is 13.2 Å². The van der Waals surface area contributed by atoms with Gasteiger partial charge in [0.15, 0.2) is 6.29 Å². The zero-order valence-corrected chi connectivity index (χ0v) is 12.2. The molecular weight excluding hydrogens is 248 g/mol. The van der Waals surface area contributed by atoms with Crippen LogP contribution in [0.25, 0.3) is 0 Å².